The number of carbonyl (C=O) groups excluding carboxylic acids is 2. The van der Waals surface area contributed by atoms with E-state index >= 15 is 0 Å². The van der Waals surface area contributed by atoms with Crippen molar-refractivity contribution in [2.75, 3.05) is 10.6 Å². The summed E-state index contributed by atoms with van der Waals surface area (Å²) in [6.45, 7) is 1.88. The zero-order chi connectivity index (χ0) is 19.8. The highest BCUT2D eigenvalue weighted by molar-refractivity contribution is 7.89. The van der Waals surface area contributed by atoms with Gasteiger partial charge >= 0.3 is 0 Å². The van der Waals surface area contributed by atoms with Crippen LogP contribution in [0.4, 0.5) is 11.4 Å². The molecule has 0 unspecified atom stereocenters. The maximum absolute atomic E-state index is 12.8. The molecule has 0 spiro atoms. The van der Waals surface area contributed by atoms with Gasteiger partial charge in [0.25, 0.3) is 21.8 Å². The van der Waals surface area contributed by atoms with E-state index in [0.717, 1.165) is 10.5 Å². The van der Waals surface area contributed by atoms with Crippen LogP contribution in [-0.4, -0.2) is 20.2 Å². The maximum Gasteiger partial charge on any atom is 0.284 e. The molecule has 3 rings (SSSR count). The van der Waals surface area contributed by atoms with Crippen molar-refractivity contribution in [1.29, 1.82) is 0 Å². The number of nitrogen functional groups attached to an aromatic ring is 1. The number of imide groups is 1. The van der Waals surface area contributed by atoms with Gasteiger partial charge in [-0.2, -0.15) is 0 Å². The zero-order valence-electron chi connectivity index (χ0n) is 14.3. The molecular formula is C18H16ClN3O4S. The summed E-state index contributed by atoms with van der Waals surface area (Å²) in [4.78, 5) is 26.1. The molecule has 7 nitrogen and oxygen atoms in total. The van der Waals surface area contributed by atoms with Gasteiger partial charge in [0.1, 0.15) is 10.7 Å². The molecule has 0 fully saturated rings. The number of nitrogens with one attached hydrogen (secondary N) is 1. The molecule has 0 aromatic heterocycles. The molecular weight excluding hydrogens is 390 g/mol. The molecule has 140 valence electrons. The fourth-order valence-electron chi connectivity index (χ4n) is 2.68. The Labute approximate surface area is 161 Å². The van der Waals surface area contributed by atoms with E-state index < -0.39 is 32.6 Å². The van der Waals surface area contributed by atoms with Gasteiger partial charge in [-0.1, -0.05) is 36.7 Å². The Bertz CT molecular complexity index is 1060. The third-order valence-electron chi connectivity index (χ3n) is 4.07. The van der Waals surface area contributed by atoms with Gasteiger partial charge in [0.15, 0.2) is 0 Å². The molecule has 0 saturated carbocycles. The molecule has 0 aliphatic carbocycles. The first kappa shape index (κ1) is 18.9. The summed E-state index contributed by atoms with van der Waals surface area (Å²) in [7, 11) is -4.12. The second-order valence-corrected chi connectivity index (χ2v) is 7.85. The first-order chi connectivity index (χ1) is 12.8. The molecule has 2 aromatic carbocycles. The Morgan fingerprint density at radius 1 is 1.04 bits per heavy atom. The van der Waals surface area contributed by atoms with Crippen LogP contribution in [0.2, 0.25) is 0 Å². The van der Waals surface area contributed by atoms with Gasteiger partial charge in [-0.25, -0.2) is 13.3 Å². The molecule has 1 aliphatic rings. The minimum Gasteiger partial charge on any atom is -0.399 e. The van der Waals surface area contributed by atoms with Crippen LogP contribution in [0.1, 0.15) is 12.5 Å². The SMILES string of the molecule is CCc1ccccc1N1C(=O)C(Cl)=C(NS(=O)(=O)c2ccc(N)cc2)C1=O. The normalized spacial score (nSPS) is 14.8. The summed E-state index contributed by atoms with van der Waals surface area (Å²) in [6.07, 6.45) is 0.581. The predicted octanol–water partition coefficient (Wildman–Crippen LogP) is 2.13. The van der Waals surface area contributed by atoms with Crippen molar-refractivity contribution in [3.8, 4) is 0 Å². The van der Waals surface area contributed by atoms with Gasteiger partial charge in [0.05, 0.1) is 10.6 Å². The molecule has 0 radical (unpaired) electrons. The third-order valence-corrected chi connectivity index (χ3v) is 5.78. The van der Waals surface area contributed by atoms with Crippen molar-refractivity contribution >= 4 is 44.8 Å². The molecule has 0 bridgehead atoms. The van der Waals surface area contributed by atoms with Crippen LogP contribution in [0.5, 0.6) is 0 Å². The number of carbonyl (C=O) groups is 2. The Hall–Kier alpha value is -2.84. The summed E-state index contributed by atoms with van der Waals surface area (Å²) in [5.74, 6) is -1.61. The molecule has 9 heteroatoms. The number of amides is 2. The van der Waals surface area contributed by atoms with E-state index in [1.54, 1.807) is 24.3 Å². The number of sulfonamides is 1. The van der Waals surface area contributed by atoms with E-state index in [9.17, 15) is 18.0 Å². The van der Waals surface area contributed by atoms with Gasteiger partial charge in [-0.05, 0) is 42.3 Å². The quantitative estimate of drug-likeness (QED) is 0.585. The van der Waals surface area contributed by atoms with Gasteiger partial charge < -0.3 is 5.73 Å². The van der Waals surface area contributed by atoms with Crippen molar-refractivity contribution in [3.63, 3.8) is 0 Å². The summed E-state index contributed by atoms with van der Waals surface area (Å²) in [6, 6.07) is 12.3. The number of rotatable bonds is 5. The lowest BCUT2D eigenvalue weighted by Crippen LogP contribution is -2.35. The molecule has 0 atom stereocenters. The number of anilines is 2. The van der Waals surface area contributed by atoms with Crippen LogP contribution in [0.15, 0.2) is 64.2 Å². The highest BCUT2D eigenvalue weighted by Gasteiger charge is 2.41. The largest absolute Gasteiger partial charge is 0.399 e. The second kappa shape index (κ2) is 7.05. The summed E-state index contributed by atoms with van der Waals surface area (Å²) in [5, 5.41) is -0.482. The fraction of sp³-hybridized carbons (Fsp3) is 0.111. The monoisotopic (exact) mass is 405 g/mol. The van der Waals surface area contributed by atoms with Gasteiger partial charge in [0.2, 0.25) is 0 Å². The molecule has 0 saturated heterocycles. The third kappa shape index (κ3) is 3.41. The second-order valence-electron chi connectivity index (χ2n) is 5.79. The van der Waals surface area contributed by atoms with E-state index in [4.69, 9.17) is 17.3 Å². The smallest absolute Gasteiger partial charge is 0.284 e. The minimum atomic E-state index is -4.12. The van der Waals surface area contributed by atoms with Crippen molar-refractivity contribution in [3.05, 3.63) is 64.8 Å². The average molecular weight is 406 g/mol. The number of aryl methyl sites for hydroxylation is 1. The number of nitrogens with zero attached hydrogens (tertiary/aromatic N) is 1. The number of hydrogen-bond acceptors (Lipinski definition) is 5. The Balaban J connectivity index is 1.96. The van der Waals surface area contributed by atoms with Crippen molar-refractivity contribution in [1.82, 2.24) is 4.72 Å². The number of hydrogen-bond donors (Lipinski definition) is 2. The van der Waals surface area contributed by atoms with Gasteiger partial charge in [-0.3, -0.25) is 14.3 Å². The summed E-state index contributed by atoms with van der Waals surface area (Å²) >= 11 is 6.00. The van der Waals surface area contributed by atoms with Crippen LogP contribution < -0.4 is 15.4 Å². The summed E-state index contributed by atoms with van der Waals surface area (Å²) in [5.41, 5.74) is 6.59. The van der Waals surface area contributed by atoms with Gasteiger partial charge in [-0.15, -0.1) is 0 Å². The topological polar surface area (TPSA) is 110 Å². The minimum absolute atomic E-state index is 0.110. The first-order valence-corrected chi connectivity index (χ1v) is 9.87. The molecule has 2 amide bonds. The predicted molar refractivity (Wildman–Crippen MR) is 102 cm³/mol. The van der Waals surface area contributed by atoms with E-state index in [1.165, 1.54) is 24.3 Å². The fourth-order valence-corrected chi connectivity index (χ4v) is 4.02. The van der Waals surface area contributed by atoms with Crippen LogP contribution in [-0.2, 0) is 26.0 Å². The van der Waals surface area contributed by atoms with Crippen LogP contribution in [0.25, 0.3) is 0 Å². The highest BCUT2D eigenvalue weighted by Crippen LogP contribution is 2.31. The highest BCUT2D eigenvalue weighted by atomic mass is 35.5. The standard InChI is InChI=1S/C18H16ClN3O4S/c1-2-11-5-3-4-6-14(11)22-17(23)15(19)16(18(22)24)21-27(25,26)13-9-7-12(20)8-10-13/h3-10,21H,2,20H2,1H3. The van der Waals surface area contributed by atoms with E-state index in [0.29, 0.717) is 17.8 Å². The average Bonchev–Trinajstić information content (AvgIpc) is 2.85. The van der Waals surface area contributed by atoms with E-state index in [2.05, 4.69) is 4.72 Å². The Kier molecular flexibility index (Phi) is 4.95. The van der Waals surface area contributed by atoms with Gasteiger partial charge in [0, 0.05) is 5.69 Å². The van der Waals surface area contributed by atoms with Crippen molar-refractivity contribution < 1.29 is 18.0 Å². The molecule has 1 heterocycles. The molecule has 2 aromatic rings. The lowest BCUT2D eigenvalue weighted by molar-refractivity contribution is -0.120. The van der Waals surface area contributed by atoms with E-state index in [1.807, 2.05) is 6.92 Å². The van der Waals surface area contributed by atoms with Crippen LogP contribution >= 0.6 is 11.6 Å². The van der Waals surface area contributed by atoms with Crippen LogP contribution in [0, 0.1) is 0 Å². The molecule has 27 heavy (non-hydrogen) atoms. The van der Waals surface area contributed by atoms with Crippen molar-refractivity contribution in [2.24, 2.45) is 0 Å². The number of halogens is 1. The lowest BCUT2D eigenvalue weighted by atomic mass is 10.1. The first-order valence-electron chi connectivity index (χ1n) is 8.01. The maximum atomic E-state index is 12.8. The molecule has 1 aliphatic heterocycles. The van der Waals surface area contributed by atoms with Crippen LogP contribution in [0.3, 0.4) is 0 Å². The Morgan fingerprint density at radius 3 is 2.30 bits per heavy atom. The van der Waals surface area contributed by atoms with Crippen molar-refractivity contribution in [2.45, 2.75) is 18.2 Å². The van der Waals surface area contributed by atoms with E-state index in [-0.39, 0.29) is 4.90 Å². The number of nitrogens with two attached hydrogens (primary N) is 1. The zero-order valence-corrected chi connectivity index (χ0v) is 15.8. The Morgan fingerprint density at radius 2 is 1.67 bits per heavy atom. The number of benzene rings is 2. The lowest BCUT2D eigenvalue weighted by Gasteiger charge is -2.18. The molecule has 3 N–H and O–H groups in total. The number of para-hydroxylation sites is 1. The summed E-state index contributed by atoms with van der Waals surface area (Å²) < 4.78 is 27.2.